The first-order valence-corrected chi connectivity index (χ1v) is 10.8. The minimum atomic E-state index is -0.274. The second kappa shape index (κ2) is 9.72. The third-order valence-electron chi connectivity index (χ3n) is 5.69. The van der Waals surface area contributed by atoms with E-state index in [0.29, 0.717) is 28.5 Å². The van der Waals surface area contributed by atoms with E-state index >= 15 is 0 Å². The fraction of sp³-hybridized carbons (Fsp3) is 0.375. The van der Waals surface area contributed by atoms with Crippen LogP contribution in [0.15, 0.2) is 36.4 Å². The lowest BCUT2D eigenvalue weighted by Gasteiger charge is -2.14. The van der Waals surface area contributed by atoms with E-state index in [1.54, 1.807) is 12.1 Å². The lowest BCUT2D eigenvalue weighted by molar-refractivity contribution is 0.102. The predicted octanol–water partition coefficient (Wildman–Crippen LogP) is 4.34. The third-order valence-corrected chi connectivity index (χ3v) is 5.69. The smallest absolute Gasteiger partial charge is 0.255 e. The molecule has 1 N–H and O–H groups in total. The molecule has 0 fully saturated rings. The molecule has 0 saturated carbocycles. The predicted molar refractivity (Wildman–Crippen MR) is 122 cm³/mol. The summed E-state index contributed by atoms with van der Waals surface area (Å²) in [5.41, 5.74) is 2.07. The van der Waals surface area contributed by atoms with Crippen LogP contribution in [0.3, 0.4) is 0 Å². The third kappa shape index (κ3) is 4.39. The molecule has 4 rings (SSSR count). The van der Waals surface area contributed by atoms with Gasteiger partial charge in [0.2, 0.25) is 5.75 Å². The van der Waals surface area contributed by atoms with Crippen LogP contribution in [0.1, 0.15) is 41.9 Å². The van der Waals surface area contributed by atoms with Gasteiger partial charge in [0.15, 0.2) is 17.3 Å². The first-order chi connectivity index (χ1) is 15.6. The van der Waals surface area contributed by atoms with Crippen LogP contribution in [-0.4, -0.2) is 42.0 Å². The summed E-state index contributed by atoms with van der Waals surface area (Å²) in [6.45, 7) is 0.942. The average Bonchev–Trinajstić information content (AvgIpc) is 3.19. The Kier molecular flexibility index (Phi) is 6.58. The van der Waals surface area contributed by atoms with Crippen LogP contribution in [0.25, 0.3) is 11.4 Å². The van der Waals surface area contributed by atoms with E-state index in [-0.39, 0.29) is 5.91 Å². The van der Waals surface area contributed by atoms with Crippen LogP contribution < -0.4 is 19.5 Å². The number of nitrogens with zero attached hydrogens (tertiary/aromatic N) is 3. The molecule has 0 spiro atoms. The fourth-order valence-electron chi connectivity index (χ4n) is 3.99. The summed E-state index contributed by atoms with van der Waals surface area (Å²) in [6, 6.07) is 10.9. The molecule has 1 amide bonds. The number of amides is 1. The van der Waals surface area contributed by atoms with Crippen LogP contribution in [0, 0.1) is 0 Å². The van der Waals surface area contributed by atoms with Crippen LogP contribution in [-0.2, 0) is 13.0 Å². The molecule has 8 heteroatoms. The highest BCUT2D eigenvalue weighted by Crippen LogP contribution is 2.38. The maximum Gasteiger partial charge on any atom is 0.255 e. The molecule has 0 unspecified atom stereocenters. The second-order valence-electron chi connectivity index (χ2n) is 7.70. The molecule has 0 saturated heterocycles. The zero-order valence-corrected chi connectivity index (χ0v) is 18.7. The summed E-state index contributed by atoms with van der Waals surface area (Å²) in [5.74, 6) is 2.96. The first-order valence-electron chi connectivity index (χ1n) is 10.8. The fourth-order valence-corrected chi connectivity index (χ4v) is 3.99. The molecule has 1 aromatic heterocycles. The number of fused-ring (bicyclic) bond motifs is 1. The van der Waals surface area contributed by atoms with E-state index in [1.165, 1.54) is 34.2 Å². The maximum atomic E-state index is 12.8. The molecule has 1 aliphatic rings. The number of hydrogen-bond donors (Lipinski definition) is 1. The summed E-state index contributed by atoms with van der Waals surface area (Å²) < 4.78 is 18.2. The largest absolute Gasteiger partial charge is 0.493 e. The Hall–Kier alpha value is -3.55. The lowest BCUT2D eigenvalue weighted by Crippen LogP contribution is -2.12. The summed E-state index contributed by atoms with van der Waals surface area (Å²) in [7, 11) is 4.56. The normalized spacial score (nSPS) is 13.5. The summed E-state index contributed by atoms with van der Waals surface area (Å²) in [4.78, 5) is 12.8. The van der Waals surface area contributed by atoms with Crippen molar-refractivity contribution in [3.63, 3.8) is 0 Å². The molecule has 8 nitrogen and oxygen atoms in total. The molecule has 0 aliphatic carbocycles. The minimum Gasteiger partial charge on any atom is -0.493 e. The van der Waals surface area contributed by atoms with Gasteiger partial charge in [0, 0.05) is 29.8 Å². The number of methoxy groups -OCH3 is 3. The van der Waals surface area contributed by atoms with Crippen molar-refractivity contribution in [2.75, 3.05) is 26.6 Å². The van der Waals surface area contributed by atoms with Crippen LogP contribution in [0.4, 0.5) is 5.69 Å². The number of nitrogens with one attached hydrogen (secondary N) is 1. The Morgan fingerprint density at radius 1 is 0.906 bits per heavy atom. The van der Waals surface area contributed by atoms with Gasteiger partial charge in [0.25, 0.3) is 5.91 Å². The van der Waals surface area contributed by atoms with Gasteiger partial charge in [-0.1, -0.05) is 12.8 Å². The molecule has 0 atom stereocenters. The Morgan fingerprint density at radius 2 is 1.59 bits per heavy atom. The average molecular weight is 437 g/mol. The van der Waals surface area contributed by atoms with Crippen molar-refractivity contribution in [1.82, 2.24) is 14.8 Å². The van der Waals surface area contributed by atoms with Gasteiger partial charge in [-0.15, -0.1) is 10.2 Å². The Morgan fingerprint density at radius 3 is 2.25 bits per heavy atom. The number of ether oxygens (including phenoxy) is 3. The first kappa shape index (κ1) is 21.7. The van der Waals surface area contributed by atoms with Crippen molar-refractivity contribution >= 4 is 11.6 Å². The molecule has 2 aromatic carbocycles. The zero-order valence-electron chi connectivity index (χ0n) is 18.7. The van der Waals surface area contributed by atoms with Gasteiger partial charge in [-0.2, -0.15) is 0 Å². The van der Waals surface area contributed by atoms with Gasteiger partial charge >= 0.3 is 0 Å². The molecule has 1 aliphatic heterocycles. The molecular weight excluding hydrogens is 408 g/mol. The van der Waals surface area contributed by atoms with Gasteiger partial charge in [0.05, 0.1) is 21.3 Å². The van der Waals surface area contributed by atoms with Gasteiger partial charge < -0.3 is 24.1 Å². The lowest BCUT2D eigenvalue weighted by atomic mass is 10.1. The van der Waals surface area contributed by atoms with E-state index in [9.17, 15) is 4.79 Å². The molecule has 3 aromatic rings. The second-order valence-corrected chi connectivity index (χ2v) is 7.70. The molecule has 168 valence electrons. The number of carbonyl (C=O) groups excluding carboxylic acids is 1. The molecule has 2 heterocycles. The molecule has 0 bridgehead atoms. The van der Waals surface area contributed by atoms with Crippen LogP contribution in [0.2, 0.25) is 0 Å². The highest BCUT2D eigenvalue weighted by Gasteiger charge is 2.18. The standard InChI is InChI=1S/C24H28N4O4/c1-30-19-14-17(15-20(31-2)22(19)32-3)24(29)25-18-11-9-16(10-12-18)23-27-26-21-8-6-4-5-7-13-28(21)23/h9-12,14-15H,4-8,13H2,1-3H3,(H,25,29). The SMILES string of the molecule is COc1cc(C(=O)Nc2ccc(-c3nnc4n3CCCCCC4)cc2)cc(OC)c1OC. The van der Waals surface area contributed by atoms with E-state index in [1.807, 2.05) is 24.3 Å². The maximum absolute atomic E-state index is 12.8. The van der Waals surface area contributed by atoms with Crippen molar-refractivity contribution in [1.29, 1.82) is 0 Å². The van der Waals surface area contributed by atoms with Gasteiger partial charge in [0.1, 0.15) is 5.82 Å². The van der Waals surface area contributed by atoms with Crippen LogP contribution in [0.5, 0.6) is 17.2 Å². The van der Waals surface area contributed by atoms with Gasteiger partial charge in [-0.05, 0) is 49.2 Å². The van der Waals surface area contributed by atoms with Crippen molar-refractivity contribution < 1.29 is 19.0 Å². The van der Waals surface area contributed by atoms with Gasteiger partial charge in [-0.3, -0.25) is 4.79 Å². The molecule has 0 radical (unpaired) electrons. The van der Waals surface area contributed by atoms with Crippen molar-refractivity contribution in [3.8, 4) is 28.6 Å². The van der Waals surface area contributed by atoms with E-state index in [4.69, 9.17) is 14.2 Å². The number of aryl methyl sites for hydroxylation is 1. The number of carbonyl (C=O) groups is 1. The number of anilines is 1. The van der Waals surface area contributed by atoms with E-state index in [0.717, 1.165) is 43.0 Å². The minimum absolute atomic E-state index is 0.274. The topological polar surface area (TPSA) is 87.5 Å². The summed E-state index contributed by atoms with van der Waals surface area (Å²) in [6.07, 6.45) is 5.76. The number of rotatable bonds is 6. The summed E-state index contributed by atoms with van der Waals surface area (Å²) >= 11 is 0. The monoisotopic (exact) mass is 436 g/mol. The highest BCUT2D eigenvalue weighted by molar-refractivity contribution is 6.05. The Labute approximate surface area is 187 Å². The van der Waals surface area contributed by atoms with E-state index in [2.05, 4.69) is 20.1 Å². The number of benzene rings is 2. The number of hydrogen-bond acceptors (Lipinski definition) is 6. The quantitative estimate of drug-likeness (QED) is 0.619. The molecular formula is C24H28N4O4. The highest BCUT2D eigenvalue weighted by atomic mass is 16.5. The van der Waals surface area contributed by atoms with E-state index < -0.39 is 0 Å². The zero-order chi connectivity index (χ0) is 22.5. The van der Waals surface area contributed by atoms with Crippen molar-refractivity contribution in [2.24, 2.45) is 0 Å². The Bertz CT molecular complexity index is 1070. The summed E-state index contributed by atoms with van der Waals surface area (Å²) in [5, 5.41) is 11.7. The van der Waals surface area contributed by atoms with Crippen molar-refractivity contribution in [3.05, 3.63) is 47.8 Å². The number of aromatic nitrogens is 3. The van der Waals surface area contributed by atoms with Crippen LogP contribution >= 0.6 is 0 Å². The Balaban J connectivity index is 1.53. The molecule has 32 heavy (non-hydrogen) atoms. The van der Waals surface area contributed by atoms with Gasteiger partial charge in [-0.25, -0.2) is 0 Å². The van der Waals surface area contributed by atoms with Crippen molar-refractivity contribution in [2.45, 2.75) is 38.6 Å².